The third kappa shape index (κ3) is 0.869. The highest BCUT2D eigenvalue weighted by molar-refractivity contribution is 7.78. The summed E-state index contributed by atoms with van der Waals surface area (Å²) in [6, 6.07) is 4.80. The zero-order valence-corrected chi connectivity index (χ0v) is 4.89. The molecule has 0 fully saturated rings. The van der Waals surface area contributed by atoms with Crippen molar-refractivity contribution >= 4 is 12.8 Å². The molecule has 3 heteroatoms. The van der Waals surface area contributed by atoms with Crippen molar-refractivity contribution in [1.82, 2.24) is 3.97 Å². The molecule has 1 heterocycles. The van der Waals surface area contributed by atoms with E-state index < -0.39 is 0 Å². The molecule has 1 rings (SSSR count). The summed E-state index contributed by atoms with van der Waals surface area (Å²) in [5.41, 5.74) is -0.150. The van der Waals surface area contributed by atoms with E-state index >= 15 is 0 Å². The van der Waals surface area contributed by atoms with E-state index in [9.17, 15) is 4.79 Å². The van der Waals surface area contributed by atoms with Crippen LogP contribution in [0.1, 0.15) is 0 Å². The van der Waals surface area contributed by atoms with Gasteiger partial charge in [-0.3, -0.25) is 4.79 Å². The molecule has 1 radical (unpaired) electrons. The van der Waals surface area contributed by atoms with Crippen LogP contribution in [0.15, 0.2) is 29.2 Å². The number of pyridine rings is 1. The monoisotopic (exact) mass is 126 g/mol. The fourth-order valence-corrected chi connectivity index (χ4v) is 0.544. The Morgan fingerprint density at radius 3 is 2.62 bits per heavy atom. The molecule has 41 valence electrons. The number of hydrogen-bond donors (Lipinski definition) is 0. The molecular weight excluding hydrogens is 122 g/mol. The normalized spacial score (nSPS) is 9.00. The van der Waals surface area contributed by atoms with E-state index in [4.69, 9.17) is 0 Å². The maximum Gasteiger partial charge on any atom is 0.264 e. The molecule has 1 aromatic rings. The Morgan fingerprint density at radius 2 is 2.25 bits per heavy atom. The van der Waals surface area contributed by atoms with E-state index in [-0.39, 0.29) is 5.56 Å². The molecule has 0 aliphatic heterocycles. The van der Waals surface area contributed by atoms with Gasteiger partial charge in [-0.25, -0.2) is 3.97 Å². The average Bonchev–Trinajstić information content (AvgIpc) is 1.77. The summed E-state index contributed by atoms with van der Waals surface area (Å²) in [7, 11) is 0. The Labute approximate surface area is 52.3 Å². The van der Waals surface area contributed by atoms with E-state index in [2.05, 4.69) is 12.8 Å². The summed E-state index contributed by atoms with van der Waals surface area (Å²) >= 11 is 4.56. The first-order valence-corrected chi connectivity index (χ1v) is 2.52. The lowest BCUT2D eigenvalue weighted by molar-refractivity contribution is 1.16. The van der Waals surface area contributed by atoms with E-state index in [0.29, 0.717) is 0 Å². The van der Waals surface area contributed by atoms with Crippen LogP contribution in [0.2, 0.25) is 0 Å². The SMILES string of the molecule is O=c1ccccn1[S]. The fourth-order valence-electron chi connectivity index (χ4n) is 0.413. The molecule has 0 aliphatic carbocycles. The molecule has 1 aromatic heterocycles. The van der Waals surface area contributed by atoms with Gasteiger partial charge in [-0.15, -0.1) is 0 Å². The minimum Gasteiger partial charge on any atom is -0.268 e. The summed E-state index contributed by atoms with van der Waals surface area (Å²) in [5, 5.41) is 0. The van der Waals surface area contributed by atoms with Crippen molar-refractivity contribution in [2.75, 3.05) is 0 Å². The quantitative estimate of drug-likeness (QED) is 0.504. The van der Waals surface area contributed by atoms with Gasteiger partial charge in [0.05, 0.1) is 0 Å². The summed E-state index contributed by atoms with van der Waals surface area (Å²) in [4.78, 5) is 10.5. The molecule has 0 amide bonds. The van der Waals surface area contributed by atoms with Crippen molar-refractivity contribution in [1.29, 1.82) is 0 Å². The number of rotatable bonds is 0. The Kier molecular flexibility index (Phi) is 1.30. The Bertz CT molecular complexity index is 230. The van der Waals surface area contributed by atoms with Crippen molar-refractivity contribution < 1.29 is 0 Å². The highest BCUT2D eigenvalue weighted by Crippen LogP contribution is 1.79. The van der Waals surface area contributed by atoms with Crippen LogP contribution in [0.4, 0.5) is 0 Å². The number of nitrogens with zero attached hydrogens (tertiary/aromatic N) is 1. The summed E-state index contributed by atoms with van der Waals surface area (Å²) in [6.07, 6.45) is 1.54. The average molecular weight is 126 g/mol. The molecule has 0 atom stereocenters. The standard InChI is InChI=1S/C5H4NOS/c7-5-3-1-2-4-6(5)8/h1-4H. The predicted molar refractivity (Wildman–Crippen MR) is 33.7 cm³/mol. The highest BCUT2D eigenvalue weighted by Gasteiger charge is 1.82. The number of aromatic nitrogens is 1. The first-order chi connectivity index (χ1) is 3.80. The third-order valence-electron chi connectivity index (χ3n) is 0.789. The molecular formula is C5H4NOS. The Hall–Kier alpha value is -0.830. The molecule has 0 bridgehead atoms. The summed E-state index contributed by atoms with van der Waals surface area (Å²) in [5.74, 6) is 0. The molecule has 8 heavy (non-hydrogen) atoms. The summed E-state index contributed by atoms with van der Waals surface area (Å²) in [6.45, 7) is 0. The van der Waals surface area contributed by atoms with Crippen molar-refractivity contribution in [3.05, 3.63) is 34.7 Å². The van der Waals surface area contributed by atoms with Crippen LogP contribution < -0.4 is 5.56 Å². The van der Waals surface area contributed by atoms with Crippen molar-refractivity contribution in [2.45, 2.75) is 0 Å². The molecule has 0 unspecified atom stereocenters. The molecule has 0 spiro atoms. The predicted octanol–water partition coefficient (Wildman–Crippen LogP) is 0.809. The Morgan fingerprint density at radius 1 is 1.50 bits per heavy atom. The van der Waals surface area contributed by atoms with Gasteiger partial charge in [0.25, 0.3) is 5.56 Å². The lowest BCUT2D eigenvalue weighted by Crippen LogP contribution is -2.08. The van der Waals surface area contributed by atoms with Gasteiger partial charge in [0, 0.05) is 25.1 Å². The van der Waals surface area contributed by atoms with Crippen molar-refractivity contribution in [3.63, 3.8) is 0 Å². The topological polar surface area (TPSA) is 22.0 Å². The van der Waals surface area contributed by atoms with Crippen LogP contribution in [0.3, 0.4) is 0 Å². The molecule has 2 nitrogen and oxygen atoms in total. The first-order valence-electron chi connectivity index (χ1n) is 2.16. The second-order valence-corrected chi connectivity index (χ2v) is 1.76. The zero-order valence-electron chi connectivity index (χ0n) is 4.07. The van der Waals surface area contributed by atoms with Gasteiger partial charge < -0.3 is 0 Å². The van der Waals surface area contributed by atoms with Gasteiger partial charge in [-0.1, -0.05) is 6.07 Å². The van der Waals surface area contributed by atoms with Crippen LogP contribution in [0.5, 0.6) is 0 Å². The van der Waals surface area contributed by atoms with Crippen LogP contribution in [-0.2, 0) is 0 Å². The van der Waals surface area contributed by atoms with Crippen molar-refractivity contribution in [3.8, 4) is 0 Å². The van der Waals surface area contributed by atoms with Crippen LogP contribution in [0, 0.1) is 0 Å². The van der Waals surface area contributed by atoms with Gasteiger partial charge in [0.15, 0.2) is 0 Å². The lowest BCUT2D eigenvalue weighted by Gasteiger charge is -1.85. The maximum atomic E-state index is 10.5. The highest BCUT2D eigenvalue weighted by atomic mass is 32.1. The van der Waals surface area contributed by atoms with Gasteiger partial charge in [-0.2, -0.15) is 0 Å². The Balaban J connectivity index is 3.35. The third-order valence-corrected chi connectivity index (χ3v) is 1.09. The van der Waals surface area contributed by atoms with E-state index in [1.165, 1.54) is 12.3 Å². The van der Waals surface area contributed by atoms with E-state index in [1.807, 2.05) is 0 Å². The van der Waals surface area contributed by atoms with Gasteiger partial charge >= 0.3 is 0 Å². The fraction of sp³-hybridized carbons (Fsp3) is 0. The molecule has 0 N–H and O–H groups in total. The van der Waals surface area contributed by atoms with Gasteiger partial charge in [0.2, 0.25) is 0 Å². The second kappa shape index (κ2) is 1.96. The van der Waals surface area contributed by atoms with E-state index in [1.54, 1.807) is 12.1 Å². The van der Waals surface area contributed by atoms with Crippen LogP contribution in [-0.4, -0.2) is 3.97 Å². The molecule has 0 saturated heterocycles. The van der Waals surface area contributed by atoms with Gasteiger partial charge in [0.1, 0.15) is 0 Å². The maximum absolute atomic E-state index is 10.5. The lowest BCUT2D eigenvalue weighted by atomic mass is 10.5. The smallest absolute Gasteiger partial charge is 0.264 e. The zero-order chi connectivity index (χ0) is 5.98. The minimum absolute atomic E-state index is 0.150. The second-order valence-electron chi connectivity index (χ2n) is 1.36. The van der Waals surface area contributed by atoms with E-state index in [0.717, 1.165) is 3.97 Å². The number of hydrogen-bond acceptors (Lipinski definition) is 1. The molecule has 0 saturated carbocycles. The molecule has 0 aromatic carbocycles. The summed E-state index contributed by atoms with van der Waals surface area (Å²) < 4.78 is 1.11. The molecule has 0 aliphatic rings. The van der Waals surface area contributed by atoms with Crippen LogP contribution in [0.25, 0.3) is 0 Å². The van der Waals surface area contributed by atoms with Gasteiger partial charge in [-0.05, 0) is 6.07 Å². The van der Waals surface area contributed by atoms with Crippen molar-refractivity contribution in [2.24, 2.45) is 0 Å². The first kappa shape index (κ1) is 5.31. The minimum atomic E-state index is -0.150. The largest absolute Gasteiger partial charge is 0.268 e. The van der Waals surface area contributed by atoms with Crippen LogP contribution >= 0.6 is 12.8 Å².